The summed E-state index contributed by atoms with van der Waals surface area (Å²) in [5.74, 6) is 1.15. The maximum Gasteiger partial charge on any atom is 0.260 e. The van der Waals surface area contributed by atoms with Gasteiger partial charge in [-0.05, 0) is 72.0 Å². The highest BCUT2D eigenvalue weighted by molar-refractivity contribution is 8.05. The number of anilines is 1. The van der Waals surface area contributed by atoms with Crippen LogP contribution in [-0.4, -0.2) is 18.5 Å². The molecule has 2 N–H and O–H groups in total. The van der Waals surface area contributed by atoms with Gasteiger partial charge in [-0.15, -0.1) is 6.58 Å². The number of hydrogen-bond donors (Lipinski definition) is 2. The minimum absolute atomic E-state index is 0.116. The molecule has 0 bridgehead atoms. The molecule has 1 amide bonds. The number of thioether (sulfide) groups is 1. The van der Waals surface area contributed by atoms with E-state index in [1.54, 1.807) is 7.11 Å². The molecular formula is C29H29ClN2O3S. The van der Waals surface area contributed by atoms with E-state index in [1.165, 1.54) is 17.3 Å². The molecule has 1 atom stereocenters. The van der Waals surface area contributed by atoms with Gasteiger partial charge in [0.2, 0.25) is 0 Å². The van der Waals surface area contributed by atoms with Crippen LogP contribution < -0.4 is 20.1 Å². The molecule has 1 aliphatic heterocycles. The predicted octanol–water partition coefficient (Wildman–Crippen LogP) is 6.82. The predicted molar refractivity (Wildman–Crippen MR) is 150 cm³/mol. The summed E-state index contributed by atoms with van der Waals surface area (Å²) in [6.45, 7) is 6.39. The van der Waals surface area contributed by atoms with Crippen LogP contribution in [0.1, 0.15) is 29.2 Å². The number of carbonyl (C=O) groups excluding carboxylic acids is 1. The van der Waals surface area contributed by atoms with E-state index < -0.39 is 0 Å². The van der Waals surface area contributed by atoms with Gasteiger partial charge >= 0.3 is 0 Å². The summed E-state index contributed by atoms with van der Waals surface area (Å²) in [6.07, 6.45) is 5.28. The third kappa shape index (κ3) is 6.45. The van der Waals surface area contributed by atoms with Crippen molar-refractivity contribution in [3.05, 3.63) is 106 Å². The van der Waals surface area contributed by atoms with Gasteiger partial charge in [0.05, 0.1) is 12.0 Å². The van der Waals surface area contributed by atoms with Crippen LogP contribution in [-0.2, 0) is 24.2 Å². The Balaban J connectivity index is 1.52. The number of amides is 1. The van der Waals surface area contributed by atoms with E-state index in [1.807, 2.05) is 60.7 Å². The van der Waals surface area contributed by atoms with Crippen molar-refractivity contribution >= 4 is 41.0 Å². The SMILES string of the molecule is C=CCc1cc(/C=C2\S[C@@H](Nc3ccc(CC)cc3)NC2=O)cc(OC)c1OCc1ccc(Cl)cc1. The number of allylic oxidation sites excluding steroid dienone is 1. The molecule has 0 aromatic heterocycles. The van der Waals surface area contributed by atoms with Gasteiger partial charge in [0.1, 0.15) is 6.61 Å². The minimum atomic E-state index is -0.243. The number of methoxy groups -OCH3 is 1. The van der Waals surface area contributed by atoms with Crippen molar-refractivity contribution in [1.29, 1.82) is 0 Å². The minimum Gasteiger partial charge on any atom is -0.493 e. The quantitative estimate of drug-likeness (QED) is 0.227. The van der Waals surface area contributed by atoms with Crippen molar-refractivity contribution in [1.82, 2.24) is 5.32 Å². The van der Waals surface area contributed by atoms with Crippen molar-refractivity contribution in [2.24, 2.45) is 0 Å². The summed E-state index contributed by atoms with van der Waals surface area (Å²) in [4.78, 5) is 13.3. The first-order chi connectivity index (χ1) is 17.5. The smallest absolute Gasteiger partial charge is 0.260 e. The molecule has 1 saturated heterocycles. The number of halogens is 1. The van der Waals surface area contributed by atoms with Crippen molar-refractivity contribution in [3.8, 4) is 11.5 Å². The number of rotatable bonds is 10. The molecule has 7 heteroatoms. The second-order valence-electron chi connectivity index (χ2n) is 8.29. The van der Waals surface area contributed by atoms with Crippen molar-refractivity contribution in [2.45, 2.75) is 31.9 Å². The number of nitrogens with one attached hydrogen (secondary N) is 2. The second kappa shape index (κ2) is 12.1. The van der Waals surface area contributed by atoms with E-state index >= 15 is 0 Å². The van der Waals surface area contributed by atoms with E-state index in [0.717, 1.165) is 28.8 Å². The van der Waals surface area contributed by atoms with E-state index in [-0.39, 0.29) is 11.4 Å². The Morgan fingerprint density at radius 2 is 1.83 bits per heavy atom. The molecule has 36 heavy (non-hydrogen) atoms. The van der Waals surface area contributed by atoms with Gasteiger partial charge in [0.15, 0.2) is 17.0 Å². The molecular weight excluding hydrogens is 492 g/mol. The number of benzene rings is 3. The molecule has 3 aromatic rings. The topological polar surface area (TPSA) is 59.6 Å². The first-order valence-electron chi connectivity index (χ1n) is 11.7. The lowest BCUT2D eigenvalue weighted by atomic mass is 10.0. The highest BCUT2D eigenvalue weighted by Gasteiger charge is 2.27. The van der Waals surface area contributed by atoms with E-state index in [9.17, 15) is 4.79 Å². The first kappa shape index (κ1) is 25.7. The first-order valence-corrected chi connectivity index (χ1v) is 13.0. The number of aryl methyl sites for hydroxylation is 1. The summed E-state index contributed by atoms with van der Waals surface area (Å²) in [5, 5.41) is 7.03. The Kier molecular flexibility index (Phi) is 8.62. The Morgan fingerprint density at radius 1 is 1.11 bits per heavy atom. The highest BCUT2D eigenvalue weighted by atomic mass is 35.5. The molecule has 0 saturated carbocycles. The lowest BCUT2D eigenvalue weighted by Gasteiger charge is -2.16. The Labute approximate surface area is 221 Å². The largest absolute Gasteiger partial charge is 0.493 e. The Bertz CT molecular complexity index is 1260. The van der Waals surface area contributed by atoms with Gasteiger partial charge in [-0.2, -0.15) is 0 Å². The zero-order chi connectivity index (χ0) is 25.5. The van der Waals surface area contributed by atoms with Crippen LogP contribution in [0.2, 0.25) is 5.02 Å². The van der Waals surface area contributed by atoms with Gasteiger partial charge in [0, 0.05) is 16.3 Å². The van der Waals surface area contributed by atoms with Gasteiger partial charge in [-0.3, -0.25) is 4.79 Å². The second-order valence-corrected chi connectivity index (χ2v) is 9.88. The van der Waals surface area contributed by atoms with Crippen LogP contribution >= 0.6 is 23.4 Å². The van der Waals surface area contributed by atoms with Gasteiger partial charge in [0.25, 0.3) is 5.91 Å². The number of carbonyl (C=O) groups is 1. The Hall–Kier alpha value is -3.35. The van der Waals surface area contributed by atoms with Crippen molar-refractivity contribution in [2.75, 3.05) is 12.4 Å². The molecule has 186 valence electrons. The summed E-state index contributed by atoms with van der Waals surface area (Å²) >= 11 is 7.44. The van der Waals surface area contributed by atoms with E-state index in [4.69, 9.17) is 21.1 Å². The third-order valence-electron chi connectivity index (χ3n) is 5.72. The highest BCUT2D eigenvalue weighted by Crippen LogP contribution is 2.37. The van der Waals surface area contributed by atoms with Crippen LogP contribution in [0.3, 0.4) is 0 Å². The van der Waals surface area contributed by atoms with Gasteiger partial charge in [-0.25, -0.2) is 0 Å². The average molecular weight is 521 g/mol. The lowest BCUT2D eigenvalue weighted by Crippen LogP contribution is -2.30. The normalized spacial score (nSPS) is 16.0. The van der Waals surface area contributed by atoms with Crippen LogP contribution in [0.4, 0.5) is 5.69 Å². The summed E-state index contributed by atoms with van der Waals surface area (Å²) < 4.78 is 11.8. The standard InChI is InChI=1S/C29H29ClN2O3S/c1-4-6-22-15-21(16-25(34-3)27(22)35-18-20-7-11-23(30)12-8-20)17-26-28(33)32-29(36-26)31-24-13-9-19(5-2)10-14-24/h4,7-17,29,31H,1,5-6,18H2,2-3H3,(H,32,33)/b26-17-/t29-/m0/s1. The summed E-state index contributed by atoms with van der Waals surface area (Å²) in [6, 6.07) is 19.7. The third-order valence-corrected chi connectivity index (χ3v) is 7.00. The fourth-order valence-electron chi connectivity index (χ4n) is 3.83. The number of ether oxygens (including phenoxy) is 2. The maximum atomic E-state index is 12.7. The average Bonchev–Trinajstić information content (AvgIpc) is 3.22. The molecule has 1 heterocycles. The van der Waals surface area contributed by atoms with Crippen LogP contribution in [0.25, 0.3) is 6.08 Å². The molecule has 5 nitrogen and oxygen atoms in total. The molecule has 3 aromatic carbocycles. The fourth-order valence-corrected chi connectivity index (χ4v) is 4.94. The molecule has 0 radical (unpaired) electrons. The maximum absolute atomic E-state index is 12.7. The molecule has 0 spiro atoms. The van der Waals surface area contributed by atoms with E-state index in [2.05, 4.69) is 36.3 Å². The lowest BCUT2D eigenvalue weighted by molar-refractivity contribution is -0.116. The molecule has 4 rings (SSSR count). The van der Waals surface area contributed by atoms with Crippen LogP contribution in [0, 0.1) is 0 Å². The monoisotopic (exact) mass is 520 g/mol. The van der Waals surface area contributed by atoms with E-state index in [0.29, 0.717) is 34.5 Å². The summed E-state index contributed by atoms with van der Waals surface area (Å²) in [5.41, 5.74) is 4.77. The Morgan fingerprint density at radius 3 is 2.50 bits per heavy atom. The zero-order valence-electron chi connectivity index (χ0n) is 20.3. The number of hydrogen-bond acceptors (Lipinski definition) is 5. The van der Waals surface area contributed by atoms with Crippen LogP contribution in [0.5, 0.6) is 11.5 Å². The van der Waals surface area contributed by atoms with Crippen molar-refractivity contribution in [3.63, 3.8) is 0 Å². The molecule has 1 aliphatic rings. The summed E-state index contributed by atoms with van der Waals surface area (Å²) in [7, 11) is 1.61. The van der Waals surface area contributed by atoms with Crippen LogP contribution in [0.15, 0.2) is 78.2 Å². The molecule has 0 aliphatic carbocycles. The van der Waals surface area contributed by atoms with Gasteiger partial charge in [-0.1, -0.05) is 60.6 Å². The zero-order valence-corrected chi connectivity index (χ0v) is 21.9. The van der Waals surface area contributed by atoms with Gasteiger partial charge < -0.3 is 20.1 Å². The fraction of sp³-hybridized carbons (Fsp3) is 0.207. The molecule has 1 fully saturated rings. The molecule has 0 unspecified atom stereocenters. The van der Waals surface area contributed by atoms with Crippen molar-refractivity contribution < 1.29 is 14.3 Å².